The van der Waals surface area contributed by atoms with E-state index in [1.165, 1.54) is 11.8 Å². The Morgan fingerprint density at radius 1 is 1.29 bits per heavy atom. The predicted molar refractivity (Wildman–Crippen MR) is 88.6 cm³/mol. The Morgan fingerprint density at radius 3 is 2.71 bits per heavy atom. The van der Waals surface area contributed by atoms with E-state index in [-0.39, 0.29) is 17.5 Å². The summed E-state index contributed by atoms with van der Waals surface area (Å²) in [5.41, 5.74) is 2.61. The van der Waals surface area contributed by atoms with Gasteiger partial charge in [0.05, 0.1) is 6.04 Å². The first kappa shape index (κ1) is 15.2. The van der Waals surface area contributed by atoms with Crippen molar-refractivity contribution in [3.63, 3.8) is 0 Å². The maximum absolute atomic E-state index is 12.8. The fourth-order valence-electron chi connectivity index (χ4n) is 3.90. The molecule has 1 spiro atoms. The molecule has 1 aromatic carbocycles. The molecule has 2 aromatic rings. The maximum Gasteiger partial charge on any atom is 0.322 e. The molecule has 2 amide bonds. The van der Waals surface area contributed by atoms with Crippen LogP contribution in [0.1, 0.15) is 30.1 Å². The summed E-state index contributed by atoms with van der Waals surface area (Å²) in [6.45, 7) is 4.10. The number of urea groups is 1. The molecule has 0 saturated carbocycles. The molecule has 2 aliphatic heterocycles. The van der Waals surface area contributed by atoms with Gasteiger partial charge in [-0.3, -0.25) is 0 Å². The van der Waals surface area contributed by atoms with Crippen molar-refractivity contribution < 1.29 is 14.1 Å². The van der Waals surface area contributed by atoms with Crippen molar-refractivity contribution in [3.8, 4) is 0 Å². The molecule has 1 N–H and O–H groups in total. The van der Waals surface area contributed by atoms with Gasteiger partial charge in [0.2, 0.25) is 0 Å². The monoisotopic (exact) mass is 327 g/mol. The Morgan fingerprint density at radius 2 is 2.04 bits per heavy atom. The number of carbonyl (C=O) groups excluding carboxylic acids is 1. The Balaban J connectivity index is 1.58. The Labute approximate surface area is 140 Å². The third-order valence-electron chi connectivity index (χ3n) is 5.23. The van der Waals surface area contributed by atoms with Gasteiger partial charge in [0, 0.05) is 25.2 Å². The first-order valence-corrected chi connectivity index (χ1v) is 8.31. The molecule has 126 valence electrons. The van der Waals surface area contributed by atoms with Crippen LogP contribution in [0.15, 0.2) is 41.1 Å². The predicted octanol–water partition coefficient (Wildman–Crippen LogP) is 3.37. The smallest absolute Gasteiger partial charge is 0.322 e. The van der Waals surface area contributed by atoms with Gasteiger partial charge in [0.15, 0.2) is 0 Å². The van der Waals surface area contributed by atoms with Crippen LogP contribution in [0.3, 0.4) is 0 Å². The highest BCUT2D eigenvalue weighted by Gasteiger charge is 2.55. The highest BCUT2D eigenvalue weighted by atomic mass is 16.5. The van der Waals surface area contributed by atoms with E-state index in [1.54, 1.807) is 0 Å². The molecular weight excluding hydrogens is 306 g/mol. The number of benzene rings is 1. The van der Waals surface area contributed by atoms with Gasteiger partial charge < -0.3 is 19.5 Å². The summed E-state index contributed by atoms with van der Waals surface area (Å²) in [5.74, 6) is 0. The first-order chi connectivity index (χ1) is 11.7. The van der Waals surface area contributed by atoms with Gasteiger partial charge in [0.25, 0.3) is 0 Å². The average molecular weight is 327 g/mol. The Bertz CT molecular complexity index is 722. The first-order valence-electron chi connectivity index (χ1n) is 8.31. The van der Waals surface area contributed by atoms with Crippen LogP contribution in [0.2, 0.25) is 0 Å². The lowest BCUT2D eigenvalue weighted by molar-refractivity contribution is -0.109. The molecule has 1 atom stereocenters. The van der Waals surface area contributed by atoms with Gasteiger partial charge in [-0.25, -0.2) is 4.79 Å². The van der Waals surface area contributed by atoms with E-state index in [1.807, 2.05) is 30.0 Å². The summed E-state index contributed by atoms with van der Waals surface area (Å²) < 4.78 is 10.4. The number of likely N-dealkylation sites (tertiary alicyclic amines) is 1. The van der Waals surface area contributed by atoms with Gasteiger partial charge in [0.1, 0.15) is 17.6 Å². The Hall–Kier alpha value is -2.34. The maximum atomic E-state index is 12.8. The van der Waals surface area contributed by atoms with Crippen molar-refractivity contribution >= 4 is 11.7 Å². The largest absolute Gasteiger partial charge is 0.381 e. The van der Waals surface area contributed by atoms with Crippen LogP contribution < -0.4 is 5.32 Å². The van der Waals surface area contributed by atoms with Crippen molar-refractivity contribution in [2.24, 2.45) is 5.41 Å². The number of hydrogen-bond acceptors (Lipinski definition) is 4. The zero-order valence-electron chi connectivity index (χ0n) is 13.7. The number of anilines is 1. The normalized spacial score (nSPS) is 22.2. The quantitative estimate of drug-likeness (QED) is 0.918. The van der Waals surface area contributed by atoms with Gasteiger partial charge in [-0.05, 0) is 25.3 Å². The third-order valence-corrected chi connectivity index (χ3v) is 5.23. The molecule has 1 aromatic heterocycles. The molecule has 0 aliphatic carbocycles. The van der Waals surface area contributed by atoms with Crippen LogP contribution in [0.25, 0.3) is 0 Å². The van der Waals surface area contributed by atoms with E-state index < -0.39 is 0 Å². The van der Waals surface area contributed by atoms with Crippen LogP contribution >= 0.6 is 0 Å². The number of amides is 2. The van der Waals surface area contributed by atoms with Crippen LogP contribution in [-0.2, 0) is 4.74 Å². The van der Waals surface area contributed by atoms with Gasteiger partial charge in [-0.1, -0.05) is 35.5 Å². The van der Waals surface area contributed by atoms with Crippen LogP contribution in [0, 0.1) is 12.3 Å². The number of rotatable bonds is 2. The Kier molecular flexibility index (Phi) is 3.76. The second kappa shape index (κ2) is 5.94. The van der Waals surface area contributed by atoms with Crippen LogP contribution in [0.5, 0.6) is 0 Å². The highest BCUT2D eigenvalue weighted by molar-refractivity contribution is 5.90. The summed E-state index contributed by atoms with van der Waals surface area (Å²) in [6.07, 6.45) is 3.44. The fraction of sp³-hybridized carbons (Fsp3) is 0.444. The summed E-state index contributed by atoms with van der Waals surface area (Å²) >= 11 is 0. The summed E-state index contributed by atoms with van der Waals surface area (Å²) in [7, 11) is 0. The van der Waals surface area contributed by atoms with Crippen molar-refractivity contribution in [2.75, 3.05) is 25.1 Å². The van der Waals surface area contributed by atoms with E-state index >= 15 is 0 Å². The van der Waals surface area contributed by atoms with Crippen LogP contribution in [-0.4, -0.2) is 35.8 Å². The molecule has 24 heavy (non-hydrogen) atoms. The number of carbonyl (C=O) groups is 1. The second-order valence-corrected chi connectivity index (χ2v) is 6.66. The molecule has 2 fully saturated rings. The average Bonchev–Trinajstić information content (AvgIpc) is 2.99. The zero-order valence-corrected chi connectivity index (χ0v) is 13.7. The number of aryl methyl sites for hydroxylation is 1. The molecule has 0 radical (unpaired) electrons. The van der Waals surface area contributed by atoms with Gasteiger partial charge in [-0.15, -0.1) is 0 Å². The van der Waals surface area contributed by atoms with Crippen molar-refractivity contribution in [1.82, 2.24) is 10.1 Å². The van der Waals surface area contributed by atoms with Crippen molar-refractivity contribution in [3.05, 3.63) is 47.9 Å². The van der Waals surface area contributed by atoms with E-state index in [2.05, 4.69) is 22.6 Å². The minimum atomic E-state index is -0.104. The number of nitrogens with one attached hydrogen (secondary N) is 1. The lowest BCUT2D eigenvalue weighted by atomic mass is 9.64. The van der Waals surface area contributed by atoms with E-state index in [0.717, 1.165) is 32.6 Å². The molecule has 1 unspecified atom stereocenters. The second-order valence-electron chi connectivity index (χ2n) is 6.66. The molecule has 6 heteroatoms. The van der Waals surface area contributed by atoms with E-state index in [9.17, 15) is 4.79 Å². The lowest BCUT2D eigenvalue weighted by Crippen LogP contribution is -2.63. The number of hydrogen-bond donors (Lipinski definition) is 1. The molecular formula is C18H21N3O3. The molecule has 6 nitrogen and oxygen atoms in total. The molecule has 4 rings (SSSR count). The lowest BCUT2D eigenvalue weighted by Gasteiger charge is -2.59. The molecule has 3 heterocycles. The molecule has 2 aliphatic rings. The third kappa shape index (κ3) is 2.47. The number of aromatic nitrogens is 1. The van der Waals surface area contributed by atoms with Crippen LogP contribution in [0.4, 0.5) is 10.5 Å². The summed E-state index contributed by atoms with van der Waals surface area (Å²) in [5, 5.41) is 6.72. The number of ether oxygens (including phenoxy) is 1. The molecule has 2 saturated heterocycles. The standard InChI is InChI=1S/C18H21N3O3/c1-13-15(11-24-20-13)19-17(22)21-12-18(7-9-23-10-8-18)16(21)14-5-3-2-4-6-14/h2-6,11,16H,7-10,12H2,1H3,(H,19,22). The van der Waals surface area contributed by atoms with Gasteiger partial charge >= 0.3 is 6.03 Å². The minimum Gasteiger partial charge on any atom is -0.381 e. The summed E-state index contributed by atoms with van der Waals surface area (Å²) in [6, 6.07) is 10.2. The van der Waals surface area contributed by atoms with E-state index in [0.29, 0.717) is 11.4 Å². The van der Waals surface area contributed by atoms with Crippen molar-refractivity contribution in [1.29, 1.82) is 0 Å². The van der Waals surface area contributed by atoms with Crippen molar-refractivity contribution in [2.45, 2.75) is 25.8 Å². The highest BCUT2D eigenvalue weighted by Crippen LogP contribution is 2.54. The summed E-state index contributed by atoms with van der Waals surface area (Å²) in [4.78, 5) is 14.7. The molecule has 0 bridgehead atoms. The minimum absolute atomic E-state index is 0.0859. The van der Waals surface area contributed by atoms with Gasteiger partial charge in [-0.2, -0.15) is 0 Å². The number of nitrogens with zero attached hydrogens (tertiary/aromatic N) is 2. The van der Waals surface area contributed by atoms with E-state index in [4.69, 9.17) is 9.26 Å². The SMILES string of the molecule is Cc1nocc1NC(=O)N1CC2(CCOCC2)C1c1ccccc1. The zero-order chi connectivity index (χ0) is 16.6. The fourth-order valence-corrected chi connectivity index (χ4v) is 3.90. The topological polar surface area (TPSA) is 67.6 Å².